The predicted octanol–water partition coefficient (Wildman–Crippen LogP) is 5.95. The summed E-state index contributed by atoms with van der Waals surface area (Å²) < 4.78 is 1.60. The number of hydrogen-bond acceptors (Lipinski definition) is 4. The normalized spacial score (nSPS) is 14.9. The molecule has 1 heterocycles. The molecule has 0 saturated heterocycles. The molecule has 1 aliphatic rings. The topological polar surface area (TPSA) is 75.8 Å². The summed E-state index contributed by atoms with van der Waals surface area (Å²) in [5.41, 5.74) is 1.72. The molecule has 3 aromatic rings. The monoisotopic (exact) mass is 525 g/mol. The second kappa shape index (κ2) is 8.33. The number of hydrogen-bond donors (Lipinski definition) is 0. The van der Waals surface area contributed by atoms with Crippen molar-refractivity contribution in [3.05, 3.63) is 109 Å². The predicted molar refractivity (Wildman–Crippen MR) is 123 cm³/mol. The van der Waals surface area contributed by atoms with E-state index >= 15 is 0 Å². The van der Waals surface area contributed by atoms with Crippen LogP contribution in [-0.2, 0) is 4.79 Å². The van der Waals surface area contributed by atoms with Gasteiger partial charge in [-0.1, -0.05) is 68.3 Å². The van der Waals surface area contributed by atoms with Gasteiger partial charge >= 0.3 is 0 Å². The zero-order chi connectivity index (χ0) is 21.3. The number of nitro benzene ring substituents is 1. The van der Waals surface area contributed by atoms with Crippen molar-refractivity contribution < 1.29 is 9.72 Å². The Morgan fingerprint density at radius 1 is 0.967 bits per heavy atom. The van der Waals surface area contributed by atoms with Gasteiger partial charge in [0.15, 0.2) is 0 Å². The number of carbonyl (C=O) groups excluding carboxylic acids is 1. The quantitative estimate of drug-likeness (QED) is 0.239. The first-order valence-electron chi connectivity index (χ1n) is 8.84. The van der Waals surface area contributed by atoms with Gasteiger partial charge in [-0.2, -0.15) is 0 Å². The second-order valence-corrected chi connectivity index (χ2v) is 8.15. The number of carbonyl (C=O) groups is 1. The molecule has 0 spiro atoms. The molecule has 0 radical (unpaired) electrons. The van der Waals surface area contributed by atoms with Gasteiger partial charge < -0.3 is 0 Å². The molecular formula is C22H13Br2N3O3. The molecule has 0 unspecified atom stereocenters. The molecular weight excluding hydrogens is 514 g/mol. The van der Waals surface area contributed by atoms with Crippen LogP contribution in [0.3, 0.4) is 0 Å². The van der Waals surface area contributed by atoms with Gasteiger partial charge in [0.1, 0.15) is 11.5 Å². The van der Waals surface area contributed by atoms with Crippen molar-refractivity contribution in [1.29, 1.82) is 0 Å². The Bertz CT molecular complexity index is 1240. The highest BCUT2D eigenvalue weighted by Crippen LogP contribution is 2.32. The zero-order valence-electron chi connectivity index (χ0n) is 15.3. The van der Waals surface area contributed by atoms with Gasteiger partial charge in [-0.15, -0.1) is 0 Å². The summed E-state index contributed by atoms with van der Waals surface area (Å²) in [6.45, 7) is 0. The average Bonchev–Trinajstić information content (AvgIpc) is 3.04. The summed E-state index contributed by atoms with van der Waals surface area (Å²) in [4.78, 5) is 30.3. The van der Waals surface area contributed by atoms with Gasteiger partial charge in [0.05, 0.1) is 16.2 Å². The molecule has 0 N–H and O–H groups in total. The minimum absolute atomic E-state index is 0.0867. The van der Waals surface area contributed by atoms with E-state index in [9.17, 15) is 14.9 Å². The second-order valence-electron chi connectivity index (χ2n) is 6.38. The highest BCUT2D eigenvalue weighted by molar-refractivity contribution is 9.10. The number of nitrogens with zero attached hydrogens (tertiary/aromatic N) is 3. The Balaban J connectivity index is 1.89. The first kappa shape index (κ1) is 20.2. The zero-order valence-corrected chi connectivity index (χ0v) is 18.5. The van der Waals surface area contributed by atoms with Crippen molar-refractivity contribution >= 4 is 61.1 Å². The number of para-hydroxylation sites is 1. The van der Waals surface area contributed by atoms with E-state index in [-0.39, 0.29) is 17.3 Å². The molecule has 0 atom stereocenters. The summed E-state index contributed by atoms with van der Waals surface area (Å²) in [5, 5.41) is 11.4. The SMILES string of the molecule is O=C1/C(=C\c2ccccc2[N+](=O)[O-])N=C(c2ccccc2Br)N1c1cccc(Br)c1. The van der Waals surface area contributed by atoms with Crippen LogP contribution in [-0.4, -0.2) is 16.7 Å². The number of halogens is 2. The number of amides is 1. The molecule has 0 aromatic heterocycles. The van der Waals surface area contributed by atoms with Crippen LogP contribution in [0.2, 0.25) is 0 Å². The number of aliphatic imine (C=N–C) groups is 1. The van der Waals surface area contributed by atoms with Crippen LogP contribution in [0, 0.1) is 10.1 Å². The summed E-state index contributed by atoms with van der Waals surface area (Å²) in [6.07, 6.45) is 1.45. The van der Waals surface area contributed by atoms with E-state index in [0.717, 1.165) is 14.5 Å². The highest BCUT2D eigenvalue weighted by atomic mass is 79.9. The molecule has 8 heteroatoms. The number of rotatable bonds is 4. The van der Waals surface area contributed by atoms with Gasteiger partial charge in [0.25, 0.3) is 11.6 Å². The Morgan fingerprint density at radius 2 is 1.70 bits per heavy atom. The average molecular weight is 527 g/mol. The Kier molecular flexibility index (Phi) is 5.61. The highest BCUT2D eigenvalue weighted by Gasteiger charge is 2.33. The first-order valence-corrected chi connectivity index (χ1v) is 10.4. The molecule has 0 saturated carbocycles. The largest absolute Gasteiger partial charge is 0.282 e. The maximum atomic E-state index is 13.3. The van der Waals surface area contributed by atoms with Crippen LogP contribution in [0.25, 0.3) is 6.08 Å². The van der Waals surface area contributed by atoms with Crippen LogP contribution < -0.4 is 4.90 Å². The molecule has 3 aromatic carbocycles. The lowest BCUT2D eigenvalue weighted by molar-refractivity contribution is -0.385. The van der Waals surface area contributed by atoms with Crippen LogP contribution in [0.1, 0.15) is 11.1 Å². The van der Waals surface area contributed by atoms with Crippen molar-refractivity contribution in [2.75, 3.05) is 4.90 Å². The minimum atomic E-state index is -0.476. The lowest BCUT2D eigenvalue weighted by Crippen LogP contribution is -2.32. The van der Waals surface area contributed by atoms with Crippen molar-refractivity contribution in [2.24, 2.45) is 4.99 Å². The van der Waals surface area contributed by atoms with Gasteiger partial charge in [0.2, 0.25) is 0 Å². The van der Waals surface area contributed by atoms with E-state index in [1.165, 1.54) is 17.0 Å². The maximum Gasteiger partial charge on any atom is 0.282 e. The van der Waals surface area contributed by atoms with Gasteiger partial charge in [-0.3, -0.25) is 19.8 Å². The molecule has 0 aliphatic carbocycles. The molecule has 6 nitrogen and oxygen atoms in total. The van der Waals surface area contributed by atoms with E-state index in [2.05, 4.69) is 36.9 Å². The van der Waals surface area contributed by atoms with E-state index in [0.29, 0.717) is 17.1 Å². The van der Waals surface area contributed by atoms with Crippen molar-refractivity contribution in [2.45, 2.75) is 0 Å². The van der Waals surface area contributed by atoms with E-state index < -0.39 is 4.92 Å². The molecule has 0 fully saturated rings. The van der Waals surface area contributed by atoms with Gasteiger partial charge in [-0.05, 0) is 36.4 Å². The standard InChI is InChI=1S/C22H13Br2N3O3/c23-15-7-5-8-16(13-15)26-21(17-9-2-3-10-18(17)24)25-19(22(26)28)12-14-6-1-4-11-20(14)27(29)30/h1-13H/b19-12+. The lowest BCUT2D eigenvalue weighted by Gasteiger charge is -2.19. The fraction of sp³-hybridized carbons (Fsp3) is 0. The lowest BCUT2D eigenvalue weighted by atomic mass is 10.1. The summed E-state index contributed by atoms with van der Waals surface area (Å²) in [7, 11) is 0. The third-order valence-electron chi connectivity index (χ3n) is 4.47. The number of nitro groups is 1. The third-order valence-corrected chi connectivity index (χ3v) is 5.65. The van der Waals surface area contributed by atoms with E-state index in [4.69, 9.17) is 0 Å². The molecule has 148 valence electrons. The van der Waals surface area contributed by atoms with Crippen LogP contribution >= 0.6 is 31.9 Å². The van der Waals surface area contributed by atoms with Crippen LogP contribution in [0.15, 0.2) is 92.4 Å². The fourth-order valence-electron chi connectivity index (χ4n) is 3.12. The van der Waals surface area contributed by atoms with Crippen molar-refractivity contribution in [3.63, 3.8) is 0 Å². The van der Waals surface area contributed by atoms with Crippen molar-refractivity contribution in [3.8, 4) is 0 Å². The molecule has 1 amide bonds. The smallest absolute Gasteiger partial charge is 0.266 e. The Hall–Kier alpha value is -3.10. The minimum Gasteiger partial charge on any atom is -0.266 e. The van der Waals surface area contributed by atoms with E-state index in [1.54, 1.807) is 18.2 Å². The molecule has 1 aliphatic heterocycles. The van der Waals surface area contributed by atoms with Crippen LogP contribution in [0.5, 0.6) is 0 Å². The Labute approximate surface area is 189 Å². The van der Waals surface area contributed by atoms with E-state index in [1.807, 2.05) is 48.5 Å². The number of amidine groups is 1. The molecule has 30 heavy (non-hydrogen) atoms. The Morgan fingerprint density at radius 3 is 2.43 bits per heavy atom. The summed E-state index contributed by atoms with van der Waals surface area (Å²) in [5.74, 6) is 0.0763. The van der Waals surface area contributed by atoms with Crippen molar-refractivity contribution in [1.82, 2.24) is 0 Å². The molecule has 4 rings (SSSR count). The summed E-state index contributed by atoms with van der Waals surface area (Å²) in [6, 6.07) is 21.0. The number of benzene rings is 3. The molecule has 0 bridgehead atoms. The van der Waals surface area contributed by atoms with Crippen LogP contribution in [0.4, 0.5) is 11.4 Å². The maximum absolute atomic E-state index is 13.3. The third kappa shape index (κ3) is 3.83. The fourth-order valence-corrected chi connectivity index (χ4v) is 3.97. The first-order chi connectivity index (χ1) is 14.5. The summed E-state index contributed by atoms with van der Waals surface area (Å²) >= 11 is 6.96. The van der Waals surface area contributed by atoms with Gasteiger partial charge in [0, 0.05) is 20.6 Å². The number of anilines is 1. The van der Waals surface area contributed by atoms with Gasteiger partial charge in [-0.25, -0.2) is 4.99 Å².